The number of fused-ring (bicyclic) bond motifs is 2. The number of hydrogen-bond acceptors (Lipinski definition) is 7. The fraction of sp³-hybridized carbons (Fsp3) is 0.510. The van der Waals surface area contributed by atoms with E-state index < -0.39 is 23.1 Å². The van der Waals surface area contributed by atoms with Gasteiger partial charge in [-0.15, -0.1) is 0 Å². The highest BCUT2D eigenvalue weighted by atomic mass is 16.6. The molecule has 0 bridgehead atoms. The maximum atomic E-state index is 12.4. The van der Waals surface area contributed by atoms with Gasteiger partial charge in [0.15, 0.2) is 0 Å². The highest BCUT2D eigenvalue weighted by molar-refractivity contribution is 5.92. The molecule has 0 radical (unpaired) electrons. The molecular formula is C49H66O8. The Morgan fingerprint density at radius 3 is 1.30 bits per heavy atom. The van der Waals surface area contributed by atoms with Gasteiger partial charge in [-0.3, -0.25) is 19.2 Å². The largest absolute Gasteiger partial charge is 0.481 e. The van der Waals surface area contributed by atoms with Crippen molar-refractivity contribution in [2.45, 2.75) is 154 Å². The molecule has 0 aliphatic heterocycles. The number of carbonyl (C=O) groups is 4. The first-order chi connectivity index (χ1) is 27.1. The minimum absolute atomic E-state index is 0.126. The highest BCUT2D eigenvalue weighted by Crippen LogP contribution is 2.32. The Hall–Kier alpha value is -4.72. The fourth-order valence-corrected chi connectivity index (χ4v) is 7.14. The van der Waals surface area contributed by atoms with Crippen LogP contribution in [0.2, 0.25) is 0 Å². The maximum Gasteiger partial charge on any atom is 0.313 e. The second kappa shape index (κ2) is 23.5. The molecule has 310 valence electrons. The summed E-state index contributed by atoms with van der Waals surface area (Å²) in [7, 11) is 1.46. The van der Waals surface area contributed by atoms with E-state index in [1.54, 1.807) is 0 Å². The lowest BCUT2D eigenvalue weighted by Crippen LogP contribution is -2.23. The van der Waals surface area contributed by atoms with Crippen LogP contribution in [0.15, 0.2) is 84.9 Å². The molecule has 0 heterocycles. The van der Waals surface area contributed by atoms with Crippen molar-refractivity contribution < 1.29 is 38.5 Å². The van der Waals surface area contributed by atoms with Crippen molar-refractivity contribution in [3.05, 3.63) is 96.1 Å². The topological polar surface area (TPSA) is 116 Å². The molecule has 0 aliphatic rings. The Labute approximate surface area is 340 Å². The standard InChI is InChI=1S/C25H34O4.C24H32O4/c1-25(2,3)29-23(26)18-9-7-5-6-8-16-22(24(27)28-4)21-17-12-14-19-13-10-11-15-20(19)21;1-24(2,3)28-22(25)17-8-6-4-5-7-15-21(23(26)27)20-16-11-13-18-12-9-10-14-19(18)20/h10-15,17,22H,5-9,16,18H2,1-4H3;9-14,16,21H,4-8,15,17H2,1-3H3,(H,26,27). The number of methoxy groups -OCH3 is 1. The summed E-state index contributed by atoms with van der Waals surface area (Å²) >= 11 is 0. The third kappa shape index (κ3) is 17.1. The molecule has 4 aromatic carbocycles. The van der Waals surface area contributed by atoms with Crippen molar-refractivity contribution in [2.75, 3.05) is 7.11 Å². The van der Waals surface area contributed by atoms with Gasteiger partial charge in [0, 0.05) is 12.8 Å². The number of benzene rings is 4. The van der Waals surface area contributed by atoms with Crippen LogP contribution in [0.3, 0.4) is 0 Å². The molecule has 0 aromatic heterocycles. The number of rotatable bonds is 20. The lowest BCUT2D eigenvalue weighted by molar-refractivity contribution is -0.156. The van der Waals surface area contributed by atoms with Crippen molar-refractivity contribution in [3.8, 4) is 0 Å². The van der Waals surface area contributed by atoms with Crippen LogP contribution in [0.5, 0.6) is 0 Å². The van der Waals surface area contributed by atoms with Crippen LogP contribution in [0.4, 0.5) is 0 Å². The summed E-state index contributed by atoms with van der Waals surface area (Å²) in [5.74, 6) is -1.93. The zero-order valence-corrected chi connectivity index (χ0v) is 35.4. The average molecular weight is 783 g/mol. The molecular weight excluding hydrogens is 717 g/mol. The third-order valence-corrected chi connectivity index (χ3v) is 9.77. The van der Waals surface area contributed by atoms with Crippen LogP contribution in [-0.2, 0) is 33.4 Å². The second-order valence-corrected chi connectivity index (χ2v) is 16.9. The van der Waals surface area contributed by atoms with E-state index in [2.05, 4.69) is 18.2 Å². The Kier molecular flexibility index (Phi) is 19.2. The predicted molar refractivity (Wildman–Crippen MR) is 229 cm³/mol. The molecule has 0 saturated heterocycles. The van der Waals surface area contributed by atoms with Crippen molar-refractivity contribution in [3.63, 3.8) is 0 Å². The Morgan fingerprint density at radius 1 is 0.509 bits per heavy atom. The van der Waals surface area contributed by atoms with E-state index in [-0.39, 0.29) is 23.8 Å². The van der Waals surface area contributed by atoms with Crippen LogP contribution in [0.25, 0.3) is 21.5 Å². The maximum absolute atomic E-state index is 12.4. The number of esters is 3. The molecule has 2 atom stereocenters. The minimum atomic E-state index is -0.763. The van der Waals surface area contributed by atoms with Gasteiger partial charge in [0.25, 0.3) is 0 Å². The molecule has 4 rings (SSSR count). The normalized spacial score (nSPS) is 12.6. The fourth-order valence-electron chi connectivity index (χ4n) is 7.14. The summed E-state index contributed by atoms with van der Waals surface area (Å²) in [4.78, 5) is 47.7. The van der Waals surface area contributed by atoms with Crippen LogP contribution in [0.1, 0.15) is 154 Å². The predicted octanol–water partition coefficient (Wildman–Crippen LogP) is 12.2. The summed E-state index contributed by atoms with van der Waals surface area (Å²) in [5, 5.41) is 14.1. The molecule has 0 aliphatic carbocycles. The lowest BCUT2D eigenvalue weighted by Gasteiger charge is -2.19. The van der Waals surface area contributed by atoms with E-state index in [0.717, 1.165) is 103 Å². The first-order valence-corrected chi connectivity index (χ1v) is 20.8. The number of hydrogen-bond donors (Lipinski definition) is 1. The molecule has 0 amide bonds. The van der Waals surface area contributed by atoms with Crippen molar-refractivity contribution >= 4 is 45.4 Å². The smallest absolute Gasteiger partial charge is 0.313 e. The van der Waals surface area contributed by atoms with Gasteiger partial charge in [0.2, 0.25) is 0 Å². The van der Waals surface area contributed by atoms with Gasteiger partial charge in [0.1, 0.15) is 11.2 Å². The minimum Gasteiger partial charge on any atom is -0.481 e. The number of aliphatic carboxylic acids is 1. The van der Waals surface area contributed by atoms with Crippen molar-refractivity contribution in [2.24, 2.45) is 0 Å². The zero-order chi connectivity index (χ0) is 41.8. The molecule has 1 N–H and O–H groups in total. The van der Waals surface area contributed by atoms with Crippen LogP contribution < -0.4 is 0 Å². The van der Waals surface area contributed by atoms with Crippen molar-refractivity contribution in [1.29, 1.82) is 0 Å². The molecule has 57 heavy (non-hydrogen) atoms. The third-order valence-electron chi connectivity index (χ3n) is 9.77. The monoisotopic (exact) mass is 782 g/mol. The molecule has 8 heteroatoms. The summed E-state index contributed by atoms with van der Waals surface area (Å²) in [6, 6.07) is 28.1. The lowest BCUT2D eigenvalue weighted by atomic mass is 9.89. The Bertz CT molecular complexity index is 1850. The summed E-state index contributed by atoms with van der Waals surface area (Å²) in [6.07, 6.45) is 11.8. The molecule has 4 aromatic rings. The molecule has 8 nitrogen and oxygen atoms in total. The Morgan fingerprint density at radius 2 is 0.877 bits per heavy atom. The number of carboxylic acid groups (broad SMARTS) is 1. The van der Waals surface area contributed by atoms with Crippen molar-refractivity contribution in [1.82, 2.24) is 0 Å². The quantitative estimate of drug-likeness (QED) is 0.0535. The summed E-state index contributed by atoms with van der Waals surface area (Å²) < 4.78 is 15.7. The van der Waals surface area contributed by atoms with Gasteiger partial charge in [-0.1, -0.05) is 136 Å². The van der Waals surface area contributed by atoms with Gasteiger partial charge < -0.3 is 19.3 Å². The number of carboxylic acids is 1. The zero-order valence-electron chi connectivity index (χ0n) is 35.4. The second-order valence-electron chi connectivity index (χ2n) is 16.9. The first kappa shape index (κ1) is 46.7. The van der Waals surface area contributed by atoms with Gasteiger partial charge >= 0.3 is 23.9 Å². The molecule has 0 fully saturated rings. The van der Waals surface area contributed by atoms with E-state index in [0.29, 0.717) is 19.3 Å². The van der Waals surface area contributed by atoms with E-state index in [4.69, 9.17) is 14.2 Å². The molecule has 0 saturated carbocycles. The summed E-state index contributed by atoms with van der Waals surface area (Å²) in [5.41, 5.74) is 1.10. The molecule has 2 unspecified atom stereocenters. The SMILES string of the molecule is CC(C)(C)OC(=O)CCCCCCCC(C(=O)O)c1cccc2ccccc12.COC(=O)C(CCCCCCCC(=O)OC(C)(C)C)c1cccc2ccccc12. The van der Waals surface area contributed by atoms with Gasteiger partial charge in [-0.2, -0.15) is 0 Å². The number of carbonyl (C=O) groups excluding carboxylic acids is 3. The number of ether oxygens (including phenoxy) is 3. The van der Waals surface area contributed by atoms with Crippen LogP contribution in [0, 0.1) is 0 Å². The summed E-state index contributed by atoms with van der Waals surface area (Å²) in [6.45, 7) is 11.3. The van der Waals surface area contributed by atoms with E-state index in [9.17, 15) is 24.3 Å². The van der Waals surface area contributed by atoms with Crippen LogP contribution >= 0.6 is 0 Å². The average Bonchev–Trinajstić information content (AvgIpc) is 3.15. The van der Waals surface area contributed by atoms with Gasteiger partial charge in [-0.05, 0) is 99.9 Å². The van der Waals surface area contributed by atoms with E-state index in [1.165, 1.54) is 7.11 Å². The first-order valence-electron chi connectivity index (χ1n) is 20.8. The highest BCUT2D eigenvalue weighted by Gasteiger charge is 2.24. The van der Waals surface area contributed by atoms with Gasteiger partial charge in [-0.25, -0.2) is 0 Å². The Balaban J connectivity index is 0.000000306. The van der Waals surface area contributed by atoms with Gasteiger partial charge in [0.05, 0.1) is 18.9 Å². The van der Waals surface area contributed by atoms with E-state index >= 15 is 0 Å². The van der Waals surface area contributed by atoms with E-state index in [1.807, 2.05) is 108 Å². The number of unbranched alkanes of at least 4 members (excludes halogenated alkanes) is 8. The molecule has 0 spiro atoms. The van der Waals surface area contributed by atoms with Crippen LogP contribution in [-0.4, -0.2) is 47.3 Å².